The molecule has 2 N–H and O–H groups in total. The zero-order valence-corrected chi connectivity index (χ0v) is 12.5. The molecule has 1 heterocycles. The number of ether oxygens (including phenoxy) is 2. The summed E-state index contributed by atoms with van der Waals surface area (Å²) < 4.78 is 24.7. The Hall–Kier alpha value is -1.89. The first kappa shape index (κ1) is 14.5. The largest absolute Gasteiger partial charge is 0.473 e. The zero-order chi connectivity index (χ0) is 14.7. The van der Waals surface area contributed by atoms with Gasteiger partial charge in [-0.15, -0.1) is 0 Å². The molecule has 0 aliphatic heterocycles. The molecule has 7 heteroatoms. The van der Waals surface area contributed by atoms with Crippen LogP contribution in [0.15, 0.2) is 29.0 Å². The van der Waals surface area contributed by atoms with Crippen LogP contribution in [0.5, 0.6) is 17.5 Å². The summed E-state index contributed by atoms with van der Waals surface area (Å²) >= 11 is 3.26. The minimum Gasteiger partial charge on any atom is -0.473 e. The van der Waals surface area contributed by atoms with E-state index in [4.69, 9.17) is 15.2 Å². The van der Waals surface area contributed by atoms with Crippen molar-refractivity contribution in [3.05, 3.63) is 34.8 Å². The van der Waals surface area contributed by atoms with Gasteiger partial charge >= 0.3 is 0 Å². The number of aromatic nitrogens is 2. The Morgan fingerprint density at radius 1 is 1.25 bits per heavy atom. The van der Waals surface area contributed by atoms with Gasteiger partial charge in [-0.25, -0.2) is 4.39 Å². The van der Waals surface area contributed by atoms with Crippen LogP contribution in [0.1, 0.15) is 13.8 Å². The molecular formula is C13H13BrFN3O2. The van der Waals surface area contributed by atoms with Crippen LogP contribution in [0.3, 0.4) is 0 Å². The third-order valence-electron chi connectivity index (χ3n) is 2.26. The van der Waals surface area contributed by atoms with Gasteiger partial charge < -0.3 is 15.2 Å². The quantitative estimate of drug-likeness (QED) is 0.920. The maximum atomic E-state index is 13.2. The molecule has 0 unspecified atom stereocenters. The SMILES string of the molecule is CC(C)Oc1ncnc(Oc2cc(F)ccc2Br)c1N. The molecule has 106 valence electrons. The summed E-state index contributed by atoms with van der Waals surface area (Å²) in [4.78, 5) is 7.87. The van der Waals surface area contributed by atoms with Crippen LogP contribution in [-0.2, 0) is 0 Å². The lowest BCUT2D eigenvalue weighted by molar-refractivity contribution is 0.232. The van der Waals surface area contributed by atoms with Gasteiger partial charge in [-0.05, 0) is 41.9 Å². The second-order valence-corrected chi connectivity index (χ2v) is 5.10. The Bertz CT molecular complexity index is 623. The van der Waals surface area contributed by atoms with Crippen molar-refractivity contribution in [1.29, 1.82) is 0 Å². The van der Waals surface area contributed by atoms with Gasteiger partial charge in [0, 0.05) is 6.07 Å². The molecular weight excluding hydrogens is 329 g/mol. The van der Waals surface area contributed by atoms with Crippen molar-refractivity contribution in [1.82, 2.24) is 9.97 Å². The highest BCUT2D eigenvalue weighted by Crippen LogP contribution is 2.34. The average molecular weight is 342 g/mol. The Balaban J connectivity index is 2.32. The lowest BCUT2D eigenvalue weighted by Crippen LogP contribution is -2.10. The highest BCUT2D eigenvalue weighted by Gasteiger charge is 2.14. The Kier molecular flexibility index (Phi) is 4.39. The predicted molar refractivity (Wildman–Crippen MR) is 76.4 cm³/mol. The van der Waals surface area contributed by atoms with Gasteiger partial charge in [0.25, 0.3) is 0 Å². The number of hydrogen-bond donors (Lipinski definition) is 1. The van der Waals surface area contributed by atoms with Crippen LogP contribution in [-0.4, -0.2) is 16.1 Å². The van der Waals surface area contributed by atoms with Gasteiger partial charge in [0.15, 0.2) is 5.69 Å². The van der Waals surface area contributed by atoms with Crippen LogP contribution in [0, 0.1) is 5.82 Å². The van der Waals surface area contributed by atoms with E-state index < -0.39 is 5.82 Å². The van der Waals surface area contributed by atoms with E-state index in [1.165, 1.54) is 24.5 Å². The smallest absolute Gasteiger partial charge is 0.249 e. The second-order valence-electron chi connectivity index (χ2n) is 4.24. The number of anilines is 1. The van der Waals surface area contributed by atoms with Gasteiger partial charge in [0.2, 0.25) is 11.8 Å². The number of nitrogen functional groups attached to an aromatic ring is 1. The molecule has 1 aromatic heterocycles. The number of hydrogen-bond acceptors (Lipinski definition) is 5. The van der Waals surface area contributed by atoms with E-state index in [0.29, 0.717) is 4.47 Å². The molecule has 0 fully saturated rings. The fraction of sp³-hybridized carbons (Fsp3) is 0.231. The van der Waals surface area contributed by atoms with Crippen LogP contribution in [0.2, 0.25) is 0 Å². The maximum absolute atomic E-state index is 13.2. The third-order valence-corrected chi connectivity index (χ3v) is 2.91. The van der Waals surface area contributed by atoms with Crippen molar-refractivity contribution >= 4 is 21.6 Å². The van der Waals surface area contributed by atoms with Gasteiger partial charge in [0.1, 0.15) is 17.9 Å². The Morgan fingerprint density at radius 2 is 1.95 bits per heavy atom. The van der Waals surface area contributed by atoms with Gasteiger partial charge in [-0.2, -0.15) is 9.97 Å². The number of halogens is 2. The molecule has 0 atom stereocenters. The lowest BCUT2D eigenvalue weighted by Gasteiger charge is -2.13. The molecule has 1 aromatic carbocycles. The van der Waals surface area contributed by atoms with E-state index in [1.807, 2.05) is 13.8 Å². The van der Waals surface area contributed by atoms with Crippen LogP contribution >= 0.6 is 15.9 Å². The first-order valence-corrected chi connectivity index (χ1v) is 6.66. The van der Waals surface area contributed by atoms with Gasteiger partial charge in [0.05, 0.1) is 10.6 Å². The standard InChI is InChI=1S/C13H13BrFN3O2/c1-7(2)19-12-11(16)13(18-6-17-12)20-10-5-8(15)3-4-9(10)14/h3-7H,16H2,1-2H3. The molecule has 5 nitrogen and oxygen atoms in total. The summed E-state index contributed by atoms with van der Waals surface area (Å²) in [6.07, 6.45) is 1.19. The normalized spacial score (nSPS) is 10.7. The molecule has 0 spiro atoms. The molecule has 2 aromatic rings. The highest BCUT2D eigenvalue weighted by atomic mass is 79.9. The van der Waals surface area contributed by atoms with Crippen LogP contribution in [0.25, 0.3) is 0 Å². The van der Waals surface area contributed by atoms with E-state index in [-0.39, 0.29) is 29.3 Å². The number of benzene rings is 1. The number of rotatable bonds is 4. The molecule has 0 aliphatic rings. The van der Waals surface area contributed by atoms with Crippen molar-refractivity contribution in [3.8, 4) is 17.5 Å². The molecule has 0 saturated heterocycles. The average Bonchev–Trinajstić information content (AvgIpc) is 2.38. The highest BCUT2D eigenvalue weighted by molar-refractivity contribution is 9.10. The Morgan fingerprint density at radius 3 is 2.65 bits per heavy atom. The second kappa shape index (κ2) is 6.04. The van der Waals surface area contributed by atoms with Crippen molar-refractivity contribution in [3.63, 3.8) is 0 Å². The van der Waals surface area contributed by atoms with Crippen molar-refractivity contribution in [2.45, 2.75) is 20.0 Å². The molecule has 20 heavy (non-hydrogen) atoms. The molecule has 0 aliphatic carbocycles. The summed E-state index contributed by atoms with van der Waals surface area (Å²) in [6.45, 7) is 3.70. The van der Waals surface area contributed by atoms with E-state index in [0.717, 1.165) is 0 Å². The van der Waals surface area contributed by atoms with Gasteiger partial charge in [-0.1, -0.05) is 0 Å². The van der Waals surface area contributed by atoms with Crippen molar-refractivity contribution in [2.75, 3.05) is 5.73 Å². The third kappa shape index (κ3) is 3.36. The minimum absolute atomic E-state index is 0.0824. The number of nitrogens with zero attached hydrogens (tertiary/aromatic N) is 2. The summed E-state index contributed by atoms with van der Waals surface area (Å²) in [6, 6.07) is 4.08. The maximum Gasteiger partial charge on any atom is 0.249 e. The van der Waals surface area contributed by atoms with E-state index >= 15 is 0 Å². The van der Waals surface area contributed by atoms with E-state index in [2.05, 4.69) is 25.9 Å². The van der Waals surface area contributed by atoms with Crippen molar-refractivity contribution in [2.24, 2.45) is 0 Å². The summed E-state index contributed by atoms with van der Waals surface area (Å²) in [7, 11) is 0. The fourth-order valence-corrected chi connectivity index (χ4v) is 1.75. The lowest BCUT2D eigenvalue weighted by atomic mass is 10.3. The fourth-order valence-electron chi connectivity index (χ4n) is 1.42. The van der Waals surface area contributed by atoms with E-state index in [9.17, 15) is 4.39 Å². The first-order chi connectivity index (χ1) is 9.47. The monoisotopic (exact) mass is 341 g/mol. The van der Waals surface area contributed by atoms with Gasteiger partial charge in [-0.3, -0.25) is 0 Å². The molecule has 0 amide bonds. The molecule has 0 saturated carbocycles. The first-order valence-electron chi connectivity index (χ1n) is 5.87. The van der Waals surface area contributed by atoms with E-state index in [1.54, 1.807) is 0 Å². The summed E-state index contributed by atoms with van der Waals surface area (Å²) in [5.41, 5.74) is 6.05. The summed E-state index contributed by atoms with van der Waals surface area (Å²) in [5.74, 6) is 0.194. The topological polar surface area (TPSA) is 70.3 Å². The Labute approximate surface area is 124 Å². The van der Waals surface area contributed by atoms with Crippen molar-refractivity contribution < 1.29 is 13.9 Å². The molecule has 0 radical (unpaired) electrons. The molecule has 0 bridgehead atoms. The molecule has 2 rings (SSSR count). The van der Waals surface area contributed by atoms with Crippen LogP contribution < -0.4 is 15.2 Å². The number of nitrogens with two attached hydrogens (primary N) is 1. The summed E-state index contributed by atoms with van der Waals surface area (Å²) in [5, 5.41) is 0. The van der Waals surface area contributed by atoms with Crippen LogP contribution in [0.4, 0.5) is 10.1 Å². The zero-order valence-electron chi connectivity index (χ0n) is 10.9. The predicted octanol–water partition coefficient (Wildman–Crippen LogP) is 3.54. The minimum atomic E-state index is -0.422.